The summed E-state index contributed by atoms with van der Waals surface area (Å²) in [5.74, 6) is -6.69. The molecule has 0 bridgehead atoms. The molecule has 5 aromatic rings. The fourth-order valence-corrected chi connectivity index (χ4v) is 5.14. The van der Waals surface area contributed by atoms with Crippen molar-refractivity contribution in [1.82, 2.24) is 0 Å². The number of hydrogen-bond donors (Lipinski definition) is 0. The molecular formula is C37H26F7NO. The lowest BCUT2D eigenvalue weighted by Crippen LogP contribution is -2.23. The molecule has 46 heavy (non-hydrogen) atoms. The molecule has 0 radical (unpaired) electrons. The maximum Gasteiger partial charge on any atom is 0.429 e. The van der Waals surface area contributed by atoms with Crippen molar-refractivity contribution >= 4 is 0 Å². The van der Waals surface area contributed by atoms with Gasteiger partial charge in [-0.15, -0.1) is 0 Å². The maximum atomic E-state index is 15.1. The summed E-state index contributed by atoms with van der Waals surface area (Å²) in [4.78, 5) is 0. The Hall–Kier alpha value is -5.10. The molecule has 0 amide bonds. The summed E-state index contributed by atoms with van der Waals surface area (Å²) in [7, 11) is 0. The molecule has 0 aliphatic heterocycles. The van der Waals surface area contributed by atoms with Crippen LogP contribution in [-0.2, 0) is 12.5 Å². The van der Waals surface area contributed by atoms with Crippen molar-refractivity contribution in [3.05, 3.63) is 137 Å². The Labute approximate surface area is 261 Å². The summed E-state index contributed by atoms with van der Waals surface area (Å²) in [5, 5.41) is 8.88. The second-order valence-electron chi connectivity index (χ2n) is 10.7. The minimum atomic E-state index is -4.30. The zero-order valence-corrected chi connectivity index (χ0v) is 24.5. The van der Waals surface area contributed by atoms with Crippen molar-refractivity contribution in [3.8, 4) is 45.2 Å². The molecule has 0 saturated carbocycles. The molecule has 0 aliphatic carbocycles. The lowest BCUT2D eigenvalue weighted by Gasteiger charge is -2.20. The van der Waals surface area contributed by atoms with Crippen LogP contribution in [0.5, 0.6) is 5.75 Å². The summed E-state index contributed by atoms with van der Waals surface area (Å²) in [5.41, 5.74) is -0.266. The highest BCUT2D eigenvalue weighted by atomic mass is 19.3. The van der Waals surface area contributed by atoms with E-state index in [2.05, 4.69) is 11.7 Å². The first-order valence-electron chi connectivity index (χ1n) is 14.5. The van der Waals surface area contributed by atoms with Crippen molar-refractivity contribution in [1.29, 1.82) is 5.26 Å². The minimum Gasteiger partial charge on any atom is -0.429 e. The van der Waals surface area contributed by atoms with E-state index >= 15 is 17.6 Å². The monoisotopic (exact) mass is 633 g/mol. The van der Waals surface area contributed by atoms with Crippen LogP contribution >= 0.6 is 0 Å². The number of rotatable bonds is 10. The number of halogens is 7. The SMILES string of the molecule is CCCCCc1ccc(-c2ccc(C(F)(F)Oc3cc(F)c(-c4ccc(-c5ccc(C#N)c(F)c5)c(F)c4)c(F)c3)c(F)c2)cc1. The van der Waals surface area contributed by atoms with E-state index in [1.54, 1.807) is 18.2 Å². The van der Waals surface area contributed by atoms with E-state index in [-0.39, 0.29) is 22.3 Å². The van der Waals surface area contributed by atoms with Crippen LogP contribution in [0.15, 0.2) is 91.0 Å². The zero-order valence-electron chi connectivity index (χ0n) is 24.5. The van der Waals surface area contributed by atoms with E-state index in [1.165, 1.54) is 24.3 Å². The predicted molar refractivity (Wildman–Crippen MR) is 161 cm³/mol. The summed E-state index contributed by atoms with van der Waals surface area (Å²) >= 11 is 0. The number of unbranched alkanes of at least 4 members (excludes halogenated alkanes) is 2. The van der Waals surface area contributed by atoms with Gasteiger partial charge in [0.25, 0.3) is 0 Å². The van der Waals surface area contributed by atoms with Crippen LogP contribution in [0, 0.1) is 40.4 Å². The van der Waals surface area contributed by atoms with Crippen LogP contribution in [0.4, 0.5) is 30.7 Å². The first kappa shape index (κ1) is 32.3. The molecule has 9 heteroatoms. The van der Waals surface area contributed by atoms with Gasteiger partial charge in [-0.2, -0.15) is 14.0 Å². The van der Waals surface area contributed by atoms with Gasteiger partial charge in [0, 0.05) is 17.7 Å². The van der Waals surface area contributed by atoms with Gasteiger partial charge in [-0.1, -0.05) is 68.3 Å². The third kappa shape index (κ3) is 6.91. The fraction of sp³-hybridized carbons (Fsp3) is 0.162. The summed E-state index contributed by atoms with van der Waals surface area (Å²) in [6.07, 6.45) is -0.153. The van der Waals surface area contributed by atoms with Gasteiger partial charge in [0.1, 0.15) is 40.9 Å². The number of hydrogen-bond acceptors (Lipinski definition) is 2. The summed E-state index contributed by atoms with van der Waals surface area (Å²) < 4.78 is 109. The highest BCUT2D eigenvalue weighted by molar-refractivity contribution is 5.72. The second-order valence-corrected chi connectivity index (χ2v) is 10.7. The average molecular weight is 634 g/mol. The number of ether oxygens (including phenoxy) is 1. The standard InChI is InChI=1S/C37H26F7NO/c1-2-3-4-5-22-6-8-23(9-7-22)24-13-15-30(33(40)16-24)37(43,44)46-28-19-34(41)36(35(42)20-28)26-12-14-29(32(39)18-26)25-10-11-27(21-45)31(38)17-25/h6-20H,2-5H2,1H3. The Balaban J connectivity index is 1.35. The van der Waals surface area contributed by atoms with Gasteiger partial charge >= 0.3 is 6.11 Å². The topological polar surface area (TPSA) is 33.0 Å². The Kier molecular flexibility index (Phi) is 9.47. The Bertz CT molecular complexity index is 1910. The van der Waals surface area contributed by atoms with Gasteiger partial charge in [0.15, 0.2) is 0 Å². The average Bonchev–Trinajstić information content (AvgIpc) is 3.01. The molecule has 0 fully saturated rings. The largest absolute Gasteiger partial charge is 0.429 e. The van der Waals surface area contributed by atoms with Crippen LogP contribution in [0.25, 0.3) is 33.4 Å². The third-order valence-corrected chi connectivity index (χ3v) is 7.56. The molecule has 0 saturated heterocycles. The third-order valence-electron chi connectivity index (χ3n) is 7.56. The number of nitrogens with zero attached hydrogens (tertiary/aromatic N) is 1. The van der Waals surface area contributed by atoms with E-state index in [0.29, 0.717) is 23.3 Å². The van der Waals surface area contributed by atoms with Gasteiger partial charge < -0.3 is 4.74 Å². The van der Waals surface area contributed by atoms with Crippen molar-refractivity contribution in [3.63, 3.8) is 0 Å². The molecule has 0 atom stereocenters. The molecule has 0 unspecified atom stereocenters. The van der Waals surface area contributed by atoms with E-state index in [9.17, 15) is 13.2 Å². The molecule has 0 aliphatic rings. The molecule has 2 nitrogen and oxygen atoms in total. The van der Waals surface area contributed by atoms with E-state index < -0.39 is 52.1 Å². The molecule has 0 spiro atoms. The minimum absolute atomic E-state index is 0.0865. The van der Waals surface area contributed by atoms with E-state index in [1.807, 2.05) is 12.1 Å². The van der Waals surface area contributed by atoms with Gasteiger partial charge in [-0.3, -0.25) is 0 Å². The van der Waals surface area contributed by atoms with E-state index in [0.717, 1.165) is 61.6 Å². The zero-order chi connectivity index (χ0) is 33.0. The van der Waals surface area contributed by atoms with Crippen molar-refractivity contribution in [2.75, 3.05) is 0 Å². The highest BCUT2D eigenvalue weighted by Crippen LogP contribution is 2.38. The molecular weight excluding hydrogens is 607 g/mol. The van der Waals surface area contributed by atoms with Crippen LogP contribution in [0.1, 0.15) is 42.9 Å². The van der Waals surface area contributed by atoms with Crippen LogP contribution in [0.2, 0.25) is 0 Å². The summed E-state index contributed by atoms with van der Waals surface area (Å²) in [6.45, 7) is 2.11. The normalized spacial score (nSPS) is 11.4. The van der Waals surface area contributed by atoms with Crippen LogP contribution < -0.4 is 4.74 Å². The molecule has 0 heterocycles. The van der Waals surface area contributed by atoms with Crippen molar-refractivity contribution < 1.29 is 35.5 Å². The van der Waals surface area contributed by atoms with Crippen molar-refractivity contribution in [2.45, 2.75) is 38.7 Å². The first-order chi connectivity index (χ1) is 22.0. The van der Waals surface area contributed by atoms with Gasteiger partial charge in [-0.25, -0.2) is 22.0 Å². The Morgan fingerprint density at radius 1 is 0.630 bits per heavy atom. The Morgan fingerprint density at radius 3 is 1.85 bits per heavy atom. The fourth-order valence-electron chi connectivity index (χ4n) is 5.14. The van der Waals surface area contributed by atoms with Crippen LogP contribution in [0.3, 0.4) is 0 Å². The summed E-state index contributed by atoms with van der Waals surface area (Å²) in [6, 6.07) is 19.7. The quantitative estimate of drug-likeness (QED) is 0.113. The maximum absolute atomic E-state index is 15.1. The van der Waals surface area contributed by atoms with E-state index in [4.69, 9.17) is 5.26 Å². The van der Waals surface area contributed by atoms with Crippen LogP contribution in [-0.4, -0.2) is 0 Å². The number of nitriles is 1. The molecule has 234 valence electrons. The smallest absolute Gasteiger partial charge is 0.429 e. The Morgan fingerprint density at radius 2 is 1.24 bits per heavy atom. The lowest BCUT2D eigenvalue weighted by molar-refractivity contribution is -0.187. The van der Waals surface area contributed by atoms with Gasteiger partial charge in [0.05, 0.1) is 16.7 Å². The number of benzene rings is 5. The molecule has 0 aromatic heterocycles. The molecule has 5 rings (SSSR count). The molecule has 5 aromatic carbocycles. The second kappa shape index (κ2) is 13.5. The predicted octanol–water partition coefficient (Wildman–Crippen LogP) is 11.1. The van der Waals surface area contributed by atoms with Gasteiger partial charge in [0.2, 0.25) is 0 Å². The lowest BCUT2D eigenvalue weighted by atomic mass is 9.98. The first-order valence-corrected chi connectivity index (χ1v) is 14.5. The molecule has 0 N–H and O–H groups in total. The number of alkyl halides is 2. The number of aryl methyl sites for hydroxylation is 1. The van der Waals surface area contributed by atoms with Gasteiger partial charge in [-0.05, 0) is 71.0 Å². The highest BCUT2D eigenvalue weighted by Gasteiger charge is 2.38. The van der Waals surface area contributed by atoms with Crippen molar-refractivity contribution in [2.24, 2.45) is 0 Å².